The number of aromatic nitrogens is 1. The maximum Gasteiger partial charge on any atom is 0.256 e. The summed E-state index contributed by atoms with van der Waals surface area (Å²) in [4.78, 5) is 16.6. The standard InChI is InChI=1S/C21H21ClFN5O/c1-20(9-24)5-6-21(8-20)10-28-18-15(21)16(22)12(7-27-18)11-3-4-13(25)14(17(11)23)19(29)26-2/h3-4,7H,5-6,8,10,25H2,1-2H3,(H,26,29)(H,27,28). The zero-order valence-corrected chi connectivity index (χ0v) is 17.0. The minimum absolute atomic E-state index is 0.0505. The zero-order valence-electron chi connectivity index (χ0n) is 16.2. The van der Waals surface area contributed by atoms with E-state index in [-0.39, 0.29) is 22.2 Å². The summed E-state index contributed by atoms with van der Waals surface area (Å²) >= 11 is 6.81. The summed E-state index contributed by atoms with van der Waals surface area (Å²) in [5.74, 6) is -0.671. The molecule has 150 valence electrons. The van der Waals surface area contributed by atoms with E-state index < -0.39 is 17.1 Å². The van der Waals surface area contributed by atoms with E-state index in [2.05, 4.69) is 21.7 Å². The van der Waals surface area contributed by atoms with Crippen molar-refractivity contribution in [2.75, 3.05) is 24.6 Å². The number of nitrogens with two attached hydrogens (primary N) is 1. The van der Waals surface area contributed by atoms with Crippen molar-refractivity contribution >= 4 is 29.0 Å². The number of nitrogens with zero attached hydrogens (tertiary/aromatic N) is 2. The first-order valence-electron chi connectivity index (χ1n) is 9.40. The Morgan fingerprint density at radius 1 is 1.41 bits per heavy atom. The molecular weight excluding hydrogens is 393 g/mol. The van der Waals surface area contributed by atoms with Crippen LogP contribution < -0.4 is 16.4 Å². The largest absolute Gasteiger partial charge is 0.398 e. The second-order valence-corrected chi connectivity index (χ2v) is 8.54. The summed E-state index contributed by atoms with van der Waals surface area (Å²) in [6.45, 7) is 2.60. The Kier molecular flexibility index (Phi) is 4.43. The Labute approximate surface area is 173 Å². The van der Waals surface area contributed by atoms with Crippen LogP contribution in [0.5, 0.6) is 0 Å². The number of pyridine rings is 1. The molecular formula is C21H21ClFN5O. The van der Waals surface area contributed by atoms with Crippen LogP contribution in [0.3, 0.4) is 0 Å². The fourth-order valence-electron chi connectivity index (χ4n) is 4.69. The smallest absolute Gasteiger partial charge is 0.256 e. The second kappa shape index (κ2) is 6.60. The number of halogens is 2. The van der Waals surface area contributed by atoms with Crippen LogP contribution in [0.2, 0.25) is 5.02 Å². The van der Waals surface area contributed by atoms with Crippen LogP contribution in [0.1, 0.15) is 42.1 Å². The highest BCUT2D eigenvalue weighted by molar-refractivity contribution is 6.34. The van der Waals surface area contributed by atoms with Gasteiger partial charge in [-0.25, -0.2) is 9.37 Å². The van der Waals surface area contributed by atoms with Gasteiger partial charge in [-0.15, -0.1) is 0 Å². The van der Waals surface area contributed by atoms with E-state index >= 15 is 4.39 Å². The topological polar surface area (TPSA) is 104 Å². The number of nitrogen functional groups attached to an aromatic ring is 1. The fraction of sp³-hybridized carbons (Fsp3) is 0.381. The van der Waals surface area contributed by atoms with Crippen LogP contribution in [0.15, 0.2) is 18.3 Å². The van der Waals surface area contributed by atoms with E-state index in [1.807, 2.05) is 6.92 Å². The van der Waals surface area contributed by atoms with E-state index in [0.717, 1.165) is 18.4 Å². The summed E-state index contributed by atoms with van der Waals surface area (Å²) in [5, 5.41) is 15.7. The SMILES string of the molecule is CNC(=O)c1c(N)ccc(-c2cnc3c(c2Cl)C2(CCC(C)(C#N)C2)CN3)c1F. The highest BCUT2D eigenvalue weighted by atomic mass is 35.5. The molecule has 1 aliphatic carbocycles. The average Bonchev–Trinajstić information content (AvgIpc) is 3.24. The molecule has 6 nitrogen and oxygen atoms in total. The van der Waals surface area contributed by atoms with Crippen molar-refractivity contribution in [3.05, 3.63) is 40.3 Å². The minimum atomic E-state index is -0.735. The van der Waals surface area contributed by atoms with Gasteiger partial charge < -0.3 is 16.4 Å². The van der Waals surface area contributed by atoms with Gasteiger partial charge >= 0.3 is 0 Å². The summed E-state index contributed by atoms with van der Waals surface area (Å²) in [5.41, 5.74) is 6.32. The predicted molar refractivity (Wildman–Crippen MR) is 110 cm³/mol. The van der Waals surface area contributed by atoms with Gasteiger partial charge in [-0.3, -0.25) is 4.79 Å². The first-order valence-corrected chi connectivity index (χ1v) is 9.77. The van der Waals surface area contributed by atoms with Crippen LogP contribution in [-0.4, -0.2) is 24.5 Å². The van der Waals surface area contributed by atoms with Crippen molar-refractivity contribution in [3.8, 4) is 17.2 Å². The maximum absolute atomic E-state index is 15.2. The van der Waals surface area contributed by atoms with Gasteiger partial charge in [0, 0.05) is 47.6 Å². The lowest BCUT2D eigenvalue weighted by atomic mass is 9.77. The number of hydrogen-bond acceptors (Lipinski definition) is 5. The van der Waals surface area contributed by atoms with Crippen molar-refractivity contribution < 1.29 is 9.18 Å². The molecule has 2 heterocycles. The molecule has 1 fully saturated rings. The predicted octanol–water partition coefficient (Wildman–Crippen LogP) is 3.86. The van der Waals surface area contributed by atoms with Crippen molar-refractivity contribution in [1.29, 1.82) is 5.26 Å². The normalized spacial score (nSPS) is 24.8. The van der Waals surface area contributed by atoms with Crippen LogP contribution in [-0.2, 0) is 5.41 Å². The molecule has 1 aliphatic heterocycles. The number of anilines is 2. The Bertz CT molecular complexity index is 1080. The second-order valence-electron chi connectivity index (χ2n) is 8.16. The molecule has 4 rings (SSSR count). The van der Waals surface area contributed by atoms with Crippen molar-refractivity contribution in [1.82, 2.24) is 10.3 Å². The molecule has 2 aliphatic rings. The van der Waals surface area contributed by atoms with Gasteiger partial charge in [-0.1, -0.05) is 11.6 Å². The molecule has 2 atom stereocenters. The number of carbonyl (C=O) groups is 1. The van der Waals surface area contributed by atoms with E-state index in [1.165, 1.54) is 25.4 Å². The van der Waals surface area contributed by atoms with Gasteiger partial charge in [-0.2, -0.15) is 5.26 Å². The van der Waals surface area contributed by atoms with Gasteiger partial charge in [0.25, 0.3) is 5.91 Å². The fourth-order valence-corrected chi connectivity index (χ4v) is 5.13. The van der Waals surface area contributed by atoms with Gasteiger partial charge in [0.1, 0.15) is 11.6 Å². The van der Waals surface area contributed by atoms with Gasteiger partial charge in [0.05, 0.1) is 22.1 Å². The lowest BCUT2D eigenvalue weighted by Gasteiger charge is -2.26. The molecule has 1 saturated carbocycles. The highest BCUT2D eigenvalue weighted by Gasteiger charge is 2.52. The van der Waals surface area contributed by atoms with E-state index in [4.69, 9.17) is 17.3 Å². The average molecular weight is 414 g/mol. The molecule has 1 spiro atoms. The van der Waals surface area contributed by atoms with E-state index in [1.54, 1.807) is 0 Å². The van der Waals surface area contributed by atoms with E-state index in [9.17, 15) is 10.1 Å². The summed E-state index contributed by atoms with van der Waals surface area (Å²) < 4.78 is 15.2. The Morgan fingerprint density at radius 2 is 2.17 bits per heavy atom. The first kappa shape index (κ1) is 19.5. The molecule has 1 aromatic heterocycles. The van der Waals surface area contributed by atoms with Crippen LogP contribution in [0, 0.1) is 22.6 Å². The van der Waals surface area contributed by atoms with Crippen molar-refractivity contribution in [2.45, 2.75) is 31.6 Å². The van der Waals surface area contributed by atoms with Crippen molar-refractivity contribution in [3.63, 3.8) is 0 Å². The number of fused-ring (bicyclic) bond motifs is 2. The monoisotopic (exact) mass is 413 g/mol. The lowest BCUT2D eigenvalue weighted by Crippen LogP contribution is -2.27. The van der Waals surface area contributed by atoms with Crippen molar-refractivity contribution in [2.24, 2.45) is 5.41 Å². The molecule has 1 aromatic carbocycles. The number of hydrogen-bond donors (Lipinski definition) is 3. The lowest BCUT2D eigenvalue weighted by molar-refractivity contribution is 0.0960. The molecule has 2 aromatic rings. The third-order valence-electron chi connectivity index (χ3n) is 6.21. The number of amides is 1. The molecule has 0 saturated heterocycles. The Morgan fingerprint density at radius 3 is 2.83 bits per heavy atom. The number of rotatable bonds is 2. The molecule has 2 unspecified atom stereocenters. The van der Waals surface area contributed by atoms with Gasteiger partial charge in [0.2, 0.25) is 0 Å². The third kappa shape index (κ3) is 2.82. The molecule has 4 N–H and O–H groups in total. The Hall–Kier alpha value is -2.85. The van der Waals surface area contributed by atoms with Crippen LogP contribution in [0.4, 0.5) is 15.9 Å². The third-order valence-corrected chi connectivity index (χ3v) is 6.60. The number of nitrogens with one attached hydrogen (secondary N) is 2. The molecule has 29 heavy (non-hydrogen) atoms. The summed E-state index contributed by atoms with van der Waals surface area (Å²) in [7, 11) is 1.42. The Balaban J connectivity index is 1.88. The quantitative estimate of drug-likeness (QED) is 0.648. The summed E-state index contributed by atoms with van der Waals surface area (Å²) in [6, 6.07) is 5.42. The van der Waals surface area contributed by atoms with Gasteiger partial charge in [-0.05, 0) is 38.3 Å². The van der Waals surface area contributed by atoms with Gasteiger partial charge in [0.15, 0.2) is 0 Å². The molecule has 1 amide bonds. The first-order chi connectivity index (χ1) is 13.7. The highest BCUT2D eigenvalue weighted by Crippen LogP contribution is 2.57. The van der Waals surface area contributed by atoms with Crippen LogP contribution >= 0.6 is 11.6 Å². The molecule has 0 bridgehead atoms. The maximum atomic E-state index is 15.2. The zero-order chi connectivity index (χ0) is 21.0. The summed E-state index contributed by atoms with van der Waals surface area (Å²) in [6.07, 6.45) is 3.74. The minimum Gasteiger partial charge on any atom is -0.398 e. The molecule has 0 radical (unpaired) electrons. The number of nitriles is 1. The van der Waals surface area contributed by atoms with Crippen LogP contribution in [0.25, 0.3) is 11.1 Å². The number of carbonyl (C=O) groups excluding carboxylic acids is 1. The molecule has 8 heteroatoms. The number of benzene rings is 1. The van der Waals surface area contributed by atoms with E-state index in [0.29, 0.717) is 29.4 Å².